The van der Waals surface area contributed by atoms with E-state index in [0.29, 0.717) is 32.4 Å². The Kier molecular flexibility index (Phi) is 7.45. The maximum Gasteiger partial charge on any atom is 0.409 e. The highest BCUT2D eigenvalue weighted by Gasteiger charge is 2.35. The molecule has 0 aromatic rings. The number of rotatable bonds is 7. The van der Waals surface area contributed by atoms with Crippen molar-refractivity contribution in [3.8, 4) is 0 Å². The second-order valence-corrected chi connectivity index (χ2v) is 13.7. The summed E-state index contributed by atoms with van der Waals surface area (Å²) in [7, 11) is 0.459. The van der Waals surface area contributed by atoms with Gasteiger partial charge < -0.3 is 15.4 Å². The molecular weight excluding hydrogens is 318 g/mol. The Hall–Kier alpha value is -0.693. The zero-order valence-corrected chi connectivity index (χ0v) is 15.9. The molecule has 0 radical (unpaired) electrons. The molecule has 7 heteroatoms. The van der Waals surface area contributed by atoms with Crippen molar-refractivity contribution in [2.45, 2.75) is 69.8 Å². The lowest BCUT2D eigenvalue weighted by molar-refractivity contribution is -0.0472. The monoisotopic (exact) mass is 350 g/mol. The van der Waals surface area contributed by atoms with Crippen LogP contribution in [0.5, 0.6) is 0 Å². The second-order valence-electron chi connectivity index (χ2n) is 8.10. The van der Waals surface area contributed by atoms with E-state index >= 15 is 0 Å². The number of hydrogen-bond donors (Lipinski definition) is 1. The van der Waals surface area contributed by atoms with Gasteiger partial charge in [-0.1, -0.05) is 19.6 Å². The molecule has 0 aromatic carbocycles. The number of carbonyl (C=O) groups excluding carboxylic acids is 1. The number of likely N-dealkylation sites (N-methyl/N-ethyl adjacent to an activating group) is 1. The highest BCUT2D eigenvalue weighted by atomic mass is 28.3. The first-order chi connectivity index (χ1) is 10.5. The number of hydrogen-bond acceptors (Lipinski definition) is 3. The molecule has 0 saturated heterocycles. The topological polar surface area (TPSA) is 55.6 Å². The van der Waals surface area contributed by atoms with Crippen molar-refractivity contribution >= 4 is 14.2 Å². The van der Waals surface area contributed by atoms with Crippen LogP contribution in [0.25, 0.3) is 0 Å². The van der Waals surface area contributed by atoms with Gasteiger partial charge in [-0.05, 0) is 31.2 Å². The number of halogens is 2. The van der Waals surface area contributed by atoms with E-state index in [2.05, 4.69) is 19.6 Å². The van der Waals surface area contributed by atoms with Gasteiger partial charge in [-0.3, -0.25) is 0 Å². The van der Waals surface area contributed by atoms with Gasteiger partial charge in [0.15, 0.2) is 0 Å². The summed E-state index contributed by atoms with van der Waals surface area (Å²) in [6.07, 6.45) is 1.28. The van der Waals surface area contributed by atoms with Crippen LogP contribution >= 0.6 is 0 Å². The van der Waals surface area contributed by atoms with Gasteiger partial charge in [0.1, 0.15) is 0 Å². The zero-order chi connectivity index (χ0) is 17.7. The summed E-state index contributed by atoms with van der Waals surface area (Å²) in [5.41, 5.74) is 6.08. The van der Waals surface area contributed by atoms with Gasteiger partial charge in [0, 0.05) is 40.5 Å². The quantitative estimate of drug-likeness (QED) is 0.708. The van der Waals surface area contributed by atoms with E-state index < -0.39 is 14.0 Å². The smallest absolute Gasteiger partial charge is 0.409 e. The standard InChI is InChI=1S/C16H32F2N2O2Si/c1-20(15(21)22-9-10-23(2,3)4)12-14(19)11-13-5-7-16(17,18)8-6-13/h13-14H,5-12,19H2,1-4H3/t14-/m1/s1. The SMILES string of the molecule is CN(C[C@H](N)CC1CCC(F)(F)CC1)C(=O)OCC[Si](C)(C)C. The van der Waals surface area contributed by atoms with Gasteiger partial charge in [-0.25, -0.2) is 13.6 Å². The molecule has 1 fully saturated rings. The maximum atomic E-state index is 13.1. The number of ether oxygens (including phenoxy) is 1. The van der Waals surface area contributed by atoms with E-state index in [1.54, 1.807) is 7.05 Å². The van der Waals surface area contributed by atoms with Gasteiger partial charge in [0.2, 0.25) is 5.92 Å². The molecule has 0 spiro atoms. The summed E-state index contributed by atoms with van der Waals surface area (Å²) >= 11 is 0. The molecule has 1 aliphatic carbocycles. The highest BCUT2D eigenvalue weighted by Crippen LogP contribution is 2.37. The van der Waals surface area contributed by atoms with E-state index in [4.69, 9.17) is 10.5 Å². The van der Waals surface area contributed by atoms with Gasteiger partial charge in [0.25, 0.3) is 0 Å². The van der Waals surface area contributed by atoms with Crippen LogP contribution in [-0.4, -0.2) is 51.2 Å². The number of alkyl halides is 2. The van der Waals surface area contributed by atoms with Crippen molar-refractivity contribution in [2.75, 3.05) is 20.2 Å². The molecule has 0 aliphatic heterocycles. The molecule has 1 atom stereocenters. The molecule has 1 rings (SSSR count). The van der Waals surface area contributed by atoms with E-state index in [1.165, 1.54) is 4.90 Å². The Morgan fingerprint density at radius 2 is 1.91 bits per heavy atom. The minimum absolute atomic E-state index is 0.0427. The van der Waals surface area contributed by atoms with Gasteiger partial charge >= 0.3 is 6.09 Å². The lowest BCUT2D eigenvalue weighted by Crippen LogP contribution is -2.41. The zero-order valence-electron chi connectivity index (χ0n) is 14.9. The molecule has 1 amide bonds. The van der Waals surface area contributed by atoms with E-state index in [-0.39, 0.29) is 30.9 Å². The molecule has 0 unspecified atom stereocenters. The van der Waals surface area contributed by atoms with Crippen LogP contribution in [0.1, 0.15) is 32.1 Å². The summed E-state index contributed by atoms with van der Waals surface area (Å²) in [5, 5.41) is 0. The first-order valence-corrected chi connectivity index (χ1v) is 12.2. The minimum Gasteiger partial charge on any atom is -0.450 e. The summed E-state index contributed by atoms with van der Waals surface area (Å²) in [6, 6.07) is 0.746. The second kappa shape index (κ2) is 8.42. The summed E-state index contributed by atoms with van der Waals surface area (Å²) in [6.45, 7) is 7.54. The molecule has 0 aromatic heterocycles. The Morgan fingerprint density at radius 3 is 2.43 bits per heavy atom. The minimum atomic E-state index is -2.50. The summed E-state index contributed by atoms with van der Waals surface area (Å²) in [5.74, 6) is -2.27. The summed E-state index contributed by atoms with van der Waals surface area (Å²) < 4.78 is 31.5. The van der Waals surface area contributed by atoms with Gasteiger partial charge in [-0.2, -0.15) is 0 Å². The largest absolute Gasteiger partial charge is 0.450 e. The first-order valence-electron chi connectivity index (χ1n) is 8.50. The van der Waals surface area contributed by atoms with Crippen molar-refractivity contribution < 1.29 is 18.3 Å². The fourth-order valence-electron chi connectivity index (χ4n) is 2.82. The van der Waals surface area contributed by atoms with Crippen LogP contribution in [-0.2, 0) is 4.74 Å². The van der Waals surface area contributed by atoms with Crippen molar-refractivity contribution in [2.24, 2.45) is 11.7 Å². The summed E-state index contributed by atoms with van der Waals surface area (Å²) in [4.78, 5) is 13.4. The van der Waals surface area contributed by atoms with Gasteiger partial charge in [-0.15, -0.1) is 0 Å². The van der Waals surface area contributed by atoms with Crippen molar-refractivity contribution in [1.29, 1.82) is 0 Å². The van der Waals surface area contributed by atoms with Crippen LogP contribution in [0.4, 0.5) is 13.6 Å². The molecule has 2 N–H and O–H groups in total. The van der Waals surface area contributed by atoms with Crippen LogP contribution in [0.2, 0.25) is 25.7 Å². The van der Waals surface area contributed by atoms with Crippen molar-refractivity contribution in [3.05, 3.63) is 0 Å². The number of nitrogens with zero attached hydrogens (tertiary/aromatic N) is 1. The number of carbonyl (C=O) groups is 1. The third-order valence-electron chi connectivity index (χ3n) is 4.37. The Morgan fingerprint density at radius 1 is 1.35 bits per heavy atom. The van der Waals surface area contributed by atoms with Crippen molar-refractivity contribution in [3.63, 3.8) is 0 Å². The lowest BCUT2D eigenvalue weighted by Gasteiger charge is -2.30. The van der Waals surface area contributed by atoms with Gasteiger partial charge in [0.05, 0.1) is 6.61 Å². The highest BCUT2D eigenvalue weighted by molar-refractivity contribution is 6.76. The molecule has 4 nitrogen and oxygen atoms in total. The van der Waals surface area contributed by atoms with Crippen LogP contribution in [0.15, 0.2) is 0 Å². The average Bonchev–Trinajstić information content (AvgIpc) is 2.39. The van der Waals surface area contributed by atoms with E-state index in [9.17, 15) is 13.6 Å². The Labute approximate surface area is 139 Å². The third-order valence-corrected chi connectivity index (χ3v) is 6.07. The first kappa shape index (κ1) is 20.4. The normalized spacial score (nSPS) is 20.1. The Bertz CT molecular complexity index is 379. The molecule has 23 heavy (non-hydrogen) atoms. The molecule has 0 heterocycles. The van der Waals surface area contributed by atoms with Crippen LogP contribution < -0.4 is 5.73 Å². The maximum absolute atomic E-state index is 13.1. The number of amides is 1. The van der Waals surface area contributed by atoms with E-state index in [0.717, 1.165) is 6.04 Å². The number of nitrogens with two attached hydrogens (primary N) is 1. The average molecular weight is 351 g/mol. The van der Waals surface area contributed by atoms with Crippen LogP contribution in [0, 0.1) is 5.92 Å². The molecule has 136 valence electrons. The predicted octanol–water partition coefficient (Wildman–Crippen LogP) is 3.94. The molecular formula is C16H32F2N2O2Si. The molecule has 0 bridgehead atoms. The fourth-order valence-corrected chi connectivity index (χ4v) is 3.53. The van der Waals surface area contributed by atoms with Crippen molar-refractivity contribution in [1.82, 2.24) is 4.90 Å². The third kappa shape index (κ3) is 8.65. The van der Waals surface area contributed by atoms with Crippen LogP contribution in [0.3, 0.4) is 0 Å². The van der Waals surface area contributed by atoms with E-state index in [1.807, 2.05) is 0 Å². The Balaban J connectivity index is 2.25. The molecule has 1 aliphatic rings. The predicted molar refractivity (Wildman–Crippen MR) is 91.6 cm³/mol. The fraction of sp³-hybridized carbons (Fsp3) is 0.938. The lowest BCUT2D eigenvalue weighted by atomic mass is 9.83. The molecule has 1 saturated carbocycles.